The zero-order chi connectivity index (χ0) is 18.2. The van der Waals surface area contributed by atoms with Crippen molar-refractivity contribution in [1.29, 1.82) is 0 Å². The third-order valence-corrected chi connectivity index (χ3v) is 4.04. The van der Waals surface area contributed by atoms with Crippen LogP contribution < -0.4 is 14.8 Å². The lowest BCUT2D eigenvalue weighted by molar-refractivity contribution is -0.117. The standard InChI is InChI=1S/C21H25NO3/c1-5-18(17-10-6-15(2)7-11-17)22-21(23)13-9-16-8-12-19(24-3)20(14-16)25-4/h6-14,18H,5H2,1-4H3,(H,22,23)/b13-9+/t18-/m1/s1. The second kappa shape index (κ2) is 8.92. The lowest BCUT2D eigenvalue weighted by Gasteiger charge is -2.16. The highest BCUT2D eigenvalue weighted by Gasteiger charge is 2.11. The van der Waals surface area contributed by atoms with E-state index in [-0.39, 0.29) is 11.9 Å². The van der Waals surface area contributed by atoms with Crippen molar-refractivity contribution in [3.8, 4) is 11.5 Å². The quantitative estimate of drug-likeness (QED) is 0.765. The van der Waals surface area contributed by atoms with Gasteiger partial charge in [0.1, 0.15) is 0 Å². The van der Waals surface area contributed by atoms with Gasteiger partial charge in [-0.15, -0.1) is 0 Å². The average Bonchev–Trinajstić information content (AvgIpc) is 2.64. The van der Waals surface area contributed by atoms with Gasteiger partial charge in [-0.2, -0.15) is 0 Å². The highest BCUT2D eigenvalue weighted by Crippen LogP contribution is 2.28. The zero-order valence-electron chi connectivity index (χ0n) is 15.2. The summed E-state index contributed by atoms with van der Waals surface area (Å²) in [7, 11) is 3.18. The molecule has 0 saturated heterocycles. The molecule has 1 atom stereocenters. The minimum absolute atomic E-state index is 0.00292. The molecule has 4 nitrogen and oxygen atoms in total. The first kappa shape index (κ1) is 18.6. The van der Waals surface area contributed by atoms with Crippen LogP contribution in [0, 0.1) is 6.92 Å². The third kappa shape index (κ3) is 5.11. The Hall–Kier alpha value is -2.75. The van der Waals surface area contributed by atoms with Gasteiger partial charge < -0.3 is 14.8 Å². The van der Waals surface area contributed by atoms with Crippen LogP contribution in [0.5, 0.6) is 11.5 Å². The molecule has 0 spiro atoms. The van der Waals surface area contributed by atoms with E-state index in [1.54, 1.807) is 20.3 Å². The molecule has 0 unspecified atom stereocenters. The van der Waals surface area contributed by atoms with Gasteiger partial charge in [-0.1, -0.05) is 42.8 Å². The number of hydrogen-bond donors (Lipinski definition) is 1. The highest BCUT2D eigenvalue weighted by molar-refractivity contribution is 5.92. The molecule has 2 rings (SSSR count). The van der Waals surface area contributed by atoms with E-state index in [9.17, 15) is 4.79 Å². The summed E-state index contributed by atoms with van der Waals surface area (Å²) in [6.07, 6.45) is 4.14. The van der Waals surface area contributed by atoms with Crippen LogP contribution in [-0.4, -0.2) is 20.1 Å². The summed E-state index contributed by atoms with van der Waals surface area (Å²) in [5.41, 5.74) is 3.19. The van der Waals surface area contributed by atoms with Gasteiger partial charge in [0, 0.05) is 6.08 Å². The van der Waals surface area contributed by atoms with Crippen molar-refractivity contribution >= 4 is 12.0 Å². The molecule has 4 heteroatoms. The summed E-state index contributed by atoms with van der Waals surface area (Å²) in [5, 5.41) is 3.04. The van der Waals surface area contributed by atoms with Crippen LogP contribution in [0.15, 0.2) is 48.5 Å². The molecular formula is C21H25NO3. The summed E-state index contributed by atoms with van der Waals surface area (Å²) in [6.45, 7) is 4.11. The fourth-order valence-electron chi connectivity index (χ4n) is 2.57. The van der Waals surface area contributed by atoms with E-state index in [1.165, 1.54) is 11.6 Å². The predicted octanol–water partition coefficient (Wildman–Crippen LogP) is 4.29. The number of hydrogen-bond acceptors (Lipinski definition) is 3. The van der Waals surface area contributed by atoms with Crippen LogP contribution in [0.3, 0.4) is 0 Å². The Balaban J connectivity index is 2.05. The number of ether oxygens (including phenoxy) is 2. The fourth-order valence-corrected chi connectivity index (χ4v) is 2.57. The highest BCUT2D eigenvalue weighted by atomic mass is 16.5. The van der Waals surface area contributed by atoms with E-state index in [0.29, 0.717) is 11.5 Å². The number of carbonyl (C=O) groups excluding carboxylic acids is 1. The molecule has 0 saturated carbocycles. The second-order valence-electron chi connectivity index (χ2n) is 5.83. The number of aryl methyl sites for hydroxylation is 1. The van der Waals surface area contributed by atoms with Crippen molar-refractivity contribution in [2.45, 2.75) is 26.3 Å². The largest absolute Gasteiger partial charge is 0.493 e. The molecule has 1 amide bonds. The van der Waals surface area contributed by atoms with Gasteiger partial charge in [-0.3, -0.25) is 4.79 Å². The van der Waals surface area contributed by atoms with Gasteiger partial charge in [0.05, 0.1) is 20.3 Å². The monoisotopic (exact) mass is 339 g/mol. The second-order valence-corrected chi connectivity index (χ2v) is 5.83. The Labute approximate surface area is 149 Å². The van der Waals surface area contributed by atoms with Crippen LogP contribution in [0.4, 0.5) is 0 Å². The molecule has 0 aliphatic carbocycles. The van der Waals surface area contributed by atoms with Crippen molar-refractivity contribution in [2.24, 2.45) is 0 Å². The van der Waals surface area contributed by atoms with Crippen molar-refractivity contribution in [1.82, 2.24) is 5.32 Å². The molecule has 0 fully saturated rings. The molecule has 132 valence electrons. The first-order valence-corrected chi connectivity index (χ1v) is 8.34. The maximum absolute atomic E-state index is 12.2. The molecule has 0 aliphatic rings. The van der Waals surface area contributed by atoms with Gasteiger partial charge in [0.15, 0.2) is 11.5 Å². The molecule has 0 radical (unpaired) electrons. The van der Waals surface area contributed by atoms with Crippen LogP contribution in [0.25, 0.3) is 6.08 Å². The molecular weight excluding hydrogens is 314 g/mol. The average molecular weight is 339 g/mol. The number of amides is 1. The van der Waals surface area contributed by atoms with Crippen molar-refractivity contribution in [2.75, 3.05) is 14.2 Å². The van der Waals surface area contributed by atoms with Gasteiger partial charge in [0.25, 0.3) is 0 Å². The summed E-state index contributed by atoms with van der Waals surface area (Å²) in [5.74, 6) is 1.17. The van der Waals surface area contributed by atoms with E-state index in [1.807, 2.05) is 18.2 Å². The first-order valence-electron chi connectivity index (χ1n) is 8.34. The van der Waals surface area contributed by atoms with Crippen molar-refractivity contribution < 1.29 is 14.3 Å². The van der Waals surface area contributed by atoms with E-state index < -0.39 is 0 Å². The van der Waals surface area contributed by atoms with Crippen molar-refractivity contribution in [3.05, 3.63) is 65.2 Å². The minimum Gasteiger partial charge on any atom is -0.493 e. The fraction of sp³-hybridized carbons (Fsp3) is 0.286. The van der Waals surface area contributed by atoms with E-state index in [0.717, 1.165) is 17.5 Å². The molecule has 2 aromatic carbocycles. The Morgan fingerprint density at radius 2 is 1.76 bits per heavy atom. The van der Waals surface area contributed by atoms with E-state index in [4.69, 9.17) is 9.47 Å². The maximum atomic E-state index is 12.2. The Morgan fingerprint density at radius 1 is 1.08 bits per heavy atom. The molecule has 1 N–H and O–H groups in total. The lowest BCUT2D eigenvalue weighted by Crippen LogP contribution is -2.26. The summed E-state index contributed by atoms with van der Waals surface area (Å²) in [4.78, 5) is 12.2. The maximum Gasteiger partial charge on any atom is 0.244 e. The number of nitrogens with one attached hydrogen (secondary N) is 1. The summed E-state index contributed by atoms with van der Waals surface area (Å²) in [6, 6.07) is 13.8. The van der Waals surface area contributed by atoms with Gasteiger partial charge in [-0.05, 0) is 42.7 Å². The SMILES string of the molecule is CC[C@@H](NC(=O)/C=C/c1ccc(OC)c(OC)c1)c1ccc(C)cc1. The Bertz CT molecular complexity index is 735. The Morgan fingerprint density at radius 3 is 2.36 bits per heavy atom. The van der Waals surface area contributed by atoms with Gasteiger partial charge in [-0.25, -0.2) is 0 Å². The molecule has 2 aromatic rings. The predicted molar refractivity (Wildman–Crippen MR) is 101 cm³/mol. The van der Waals surface area contributed by atoms with Gasteiger partial charge >= 0.3 is 0 Å². The zero-order valence-corrected chi connectivity index (χ0v) is 15.2. The first-order chi connectivity index (χ1) is 12.1. The Kier molecular flexibility index (Phi) is 6.63. The molecule has 25 heavy (non-hydrogen) atoms. The van der Waals surface area contributed by atoms with E-state index in [2.05, 4.69) is 43.4 Å². The van der Waals surface area contributed by atoms with Crippen LogP contribution in [-0.2, 0) is 4.79 Å². The van der Waals surface area contributed by atoms with Crippen LogP contribution in [0.2, 0.25) is 0 Å². The van der Waals surface area contributed by atoms with Crippen LogP contribution >= 0.6 is 0 Å². The summed E-state index contributed by atoms with van der Waals surface area (Å²) < 4.78 is 10.5. The lowest BCUT2D eigenvalue weighted by atomic mass is 10.0. The number of methoxy groups -OCH3 is 2. The number of carbonyl (C=O) groups is 1. The molecule has 0 aromatic heterocycles. The summed E-state index contributed by atoms with van der Waals surface area (Å²) >= 11 is 0. The molecule has 0 aliphatic heterocycles. The van der Waals surface area contributed by atoms with Gasteiger partial charge in [0.2, 0.25) is 5.91 Å². The third-order valence-electron chi connectivity index (χ3n) is 4.04. The van der Waals surface area contributed by atoms with Crippen LogP contribution in [0.1, 0.15) is 36.1 Å². The normalized spacial score (nSPS) is 12.0. The molecule has 0 bridgehead atoms. The molecule has 0 heterocycles. The number of benzene rings is 2. The number of rotatable bonds is 7. The minimum atomic E-state index is -0.123. The van der Waals surface area contributed by atoms with E-state index >= 15 is 0 Å². The topological polar surface area (TPSA) is 47.6 Å². The smallest absolute Gasteiger partial charge is 0.244 e. The van der Waals surface area contributed by atoms with Crippen molar-refractivity contribution in [3.63, 3.8) is 0 Å².